The van der Waals surface area contributed by atoms with Gasteiger partial charge in [-0.2, -0.15) is 0 Å². The van der Waals surface area contributed by atoms with Crippen molar-refractivity contribution in [3.63, 3.8) is 0 Å². The van der Waals surface area contributed by atoms with Crippen molar-refractivity contribution in [2.45, 2.75) is 51.2 Å². The summed E-state index contributed by atoms with van der Waals surface area (Å²) in [6, 6.07) is 6.23. The van der Waals surface area contributed by atoms with E-state index in [-0.39, 0.29) is 5.78 Å². The van der Waals surface area contributed by atoms with Gasteiger partial charge >= 0.3 is 0 Å². The lowest BCUT2D eigenvalue weighted by molar-refractivity contribution is 0.102. The van der Waals surface area contributed by atoms with Crippen LogP contribution in [0, 0.1) is 13.8 Å². The number of nitrogens with zero attached hydrogens (tertiary/aromatic N) is 2. The van der Waals surface area contributed by atoms with E-state index in [9.17, 15) is 4.79 Å². The van der Waals surface area contributed by atoms with E-state index >= 15 is 0 Å². The second-order valence-electron chi connectivity index (χ2n) is 6.61. The van der Waals surface area contributed by atoms with Gasteiger partial charge in [-0.15, -0.1) is 0 Å². The van der Waals surface area contributed by atoms with Crippen LogP contribution in [0.3, 0.4) is 0 Å². The molecule has 0 fully saturated rings. The lowest BCUT2D eigenvalue weighted by Gasteiger charge is -2.16. The molecule has 0 bridgehead atoms. The van der Waals surface area contributed by atoms with E-state index in [2.05, 4.69) is 28.6 Å². The summed E-state index contributed by atoms with van der Waals surface area (Å²) in [6.45, 7) is 5.48. The highest BCUT2D eigenvalue weighted by Gasteiger charge is 2.16. The molecule has 1 aliphatic carbocycles. The molecule has 3 rings (SSSR count). The SMILES string of the molecule is COCCn1c(SCC(=O)c2ccc3c(c2)CCCC3)nc(C)c1C. The zero-order valence-corrected chi connectivity index (χ0v) is 16.1. The van der Waals surface area contributed by atoms with Crippen LogP contribution in [0.5, 0.6) is 0 Å². The van der Waals surface area contributed by atoms with Gasteiger partial charge in [-0.3, -0.25) is 4.79 Å². The summed E-state index contributed by atoms with van der Waals surface area (Å²) in [5.74, 6) is 0.594. The van der Waals surface area contributed by atoms with Crippen molar-refractivity contribution in [1.82, 2.24) is 9.55 Å². The lowest BCUT2D eigenvalue weighted by Crippen LogP contribution is -2.10. The molecule has 0 amide bonds. The van der Waals surface area contributed by atoms with Gasteiger partial charge in [0.1, 0.15) is 0 Å². The molecule has 2 aromatic rings. The van der Waals surface area contributed by atoms with Crippen LogP contribution in [0.2, 0.25) is 0 Å². The molecule has 134 valence electrons. The zero-order chi connectivity index (χ0) is 17.8. The number of carbonyl (C=O) groups is 1. The van der Waals surface area contributed by atoms with Gasteiger partial charge in [0.25, 0.3) is 0 Å². The Morgan fingerprint density at radius 3 is 2.76 bits per heavy atom. The van der Waals surface area contributed by atoms with Crippen molar-refractivity contribution >= 4 is 17.5 Å². The normalized spacial score (nSPS) is 13.7. The molecule has 1 aromatic heterocycles. The summed E-state index contributed by atoms with van der Waals surface area (Å²) in [5, 5.41) is 0.901. The highest BCUT2D eigenvalue weighted by Crippen LogP contribution is 2.25. The molecule has 0 unspecified atom stereocenters. The van der Waals surface area contributed by atoms with Crippen LogP contribution in [0.4, 0.5) is 0 Å². The minimum Gasteiger partial charge on any atom is -0.383 e. The smallest absolute Gasteiger partial charge is 0.173 e. The number of ether oxygens (including phenoxy) is 1. The summed E-state index contributed by atoms with van der Waals surface area (Å²) in [4.78, 5) is 17.3. The van der Waals surface area contributed by atoms with Crippen molar-refractivity contribution in [3.05, 3.63) is 46.3 Å². The first-order valence-corrected chi connectivity index (χ1v) is 9.89. The van der Waals surface area contributed by atoms with Crippen LogP contribution in [-0.4, -0.2) is 34.8 Å². The Kier molecular flexibility index (Phi) is 5.97. The number of hydrogen-bond acceptors (Lipinski definition) is 4. The summed E-state index contributed by atoms with van der Waals surface area (Å²) in [5.41, 5.74) is 5.75. The van der Waals surface area contributed by atoms with E-state index in [0.717, 1.165) is 41.5 Å². The molecule has 0 aliphatic heterocycles. The molecule has 0 atom stereocenters. The molecule has 0 N–H and O–H groups in total. The van der Waals surface area contributed by atoms with Crippen LogP contribution in [0.25, 0.3) is 0 Å². The van der Waals surface area contributed by atoms with E-state index < -0.39 is 0 Å². The molecule has 0 spiro atoms. The quantitative estimate of drug-likeness (QED) is 0.554. The molecular formula is C20H26N2O2S. The number of Topliss-reactive ketones (excluding diaryl/α,β-unsaturated/α-hetero) is 1. The van der Waals surface area contributed by atoms with Crippen molar-refractivity contribution in [1.29, 1.82) is 0 Å². The molecule has 0 saturated carbocycles. The number of benzene rings is 1. The zero-order valence-electron chi connectivity index (χ0n) is 15.3. The molecule has 1 aliphatic rings. The number of imidazole rings is 1. The first-order valence-electron chi connectivity index (χ1n) is 8.90. The standard InChI is InChI=1S/C20H26N2O2S/c1-14-15(2)22(10-11-24-3)20(21-14)25-13-19(23)18-9-8-16-6-4-5-7-17(16)12-18/h8-9,12H,4-7,10-11,13H2,1-3H3. The maximum atomic E-state index is 12.6. The average molecular weight is 359 g/mol. The van der Waals surface area contributed by atoms with Crippen LogP contribution < -0.4 is 0 Å². The minimum atomic E-state index is 0.176. The number of aryl methyl sites for hydroxylation is 3. The number of thioether (sulfide) groups is 1. The molecule has 0 saturated heterocycles. The van der Waals surface area contributed by atoms with Gasteiger partial charge < -0.3 is 9.30 Å². The minimum absolute atomic E-state index is 0.176. The van der Waals surface area contributed by atoms with Crippen LogP contribution in [0.1, 0.15) is 45.7 Å². The predicted octanol–water partition coefficient (Wildman–Crippen LogP) is 4.00. The van der Waals surface area contributed by atoms with Gasteiger partial charge in [-0.05, 0) is 56.7 Å². The van der Waals surface area contributed by atoms with E-state index in [0.29, 0.717) is 12.4 Å². The third kappa shape index (κ3) is 4.15. The van der Waals surface area contributed by atoms with Crippen molar-refractivity contribution in [3.8, 4) is 0 Å². The van der Waals surface area contributed by atoms with E-state index in [1.54, 1.807) is 7.11 Å². The molecule has 0 radical (unpaired) electrons. The Morgan fingerprint density at radius 2 is 2.00 bits per heavy atom. The van der Waals surface area contributed by atoms with E-state index in [1.807, 2.05) is 13.0 Å². The molecule has 25 heavy (non-hydrogen) atoms. The second-order valence-corrected chi connectivity index (χ2v) is 7.55. The monoisotopic (exact) mass is 358 g/mol. The Morgan fingerprint density at radius 1 is 1.24 bits per heavy atom. The summed E-state index contributed by atoms with van der Waals surface area (Å²) in [7, 11) is 1.70. The van der Waals surface area contributed by atoms with Crippen LogP contribution in [-0.2, 0) is 24.1 Å². The number of methoxy groups -OCH3 is 1. The Labute approximate surface area is 154 Å². The summed E-state index contributed by atoms with van der Waals surface area (Å²) < 4.78 is 7.33. The fourth-order valence-electron chi connectivity index (χ4n) is 3.30. The number of hydrogen-bond donors (Lipinski definition) is 0. The molecule has 1 aromatic carbocycles. The fourth-order valence-corrected chi connectivity index (χ4v) is 4.31. The third-order valence-electron chi connectivity index (χ3n) is 4.94. The van der Waals surface area contributed by atoms with E-state index in [1.165, 1.54) is 35.7 Å². The maximum Gasteiger partial charge on any atom is 0.173 e. The number of rotatable bonds is 7. The number of aromatic nitrogens is 2. The molecule has 4 nitrogen and oxygen atoms in total. The van der Waals surface area contributed by atoms with Crippen LogP contribution >= 0.6 is 11.8 Å². The van der Waals surface area contributed by atoms with E-state index in [4.69, 9.17) is 4.74 Å². The Hall–Kier alpha value is -1.59. The highest BCUT2D eigenvalue weighted by atomic mass is 32.2. The van der Waals surface area contributed by atoms with Gasteiger partial charge in [0, 0.05) is 24.9 Å². The van der Waals surface area contributed by atoms with Gasteiger partial charge in [-0.1, -0.05) is 23.9 Å². The van der Waals surface area contributed by atoms with Gasteiger partial charge in [0.15, 0.2) is 10.9 Å². The Balaban J connectivity index is 1.69. The Bertz CT molecular complexity index is 767. The van der Waals surface area contributed by atoms with Crippen LogP contribution in [0.15, 0.2) is 23.4 Å². The first kappa shape index (κ1) is 18.2. The number of fused-ring (bicyclic) bond motifs is 1. The highest BCUT2D eigenvalue weighted by molar-refractivity contribution is 7.99. The topological polar surface area (TPSA) is 44.1 Å². The predicted molar refractivity (Wildman–Crippen MR) is 102 cm³/mol. The molecule has 1 heterocycles. The number of ketones is 1. The van der Waals surface area contributed by atoms with Gasteiger partial charge in [-0.25, -0.2) is 4.98 Å². The fraction of sp³-hybridized carbons (Fsp3) is 0.500. The van der Waals surface area contributed by atoms with Crippen molar-refractivity contribution in [2.24, 2.45) is 0 Å². The maximum absolute atomic E-state index is 12.6. The van der Waals surface area contributed by atoms with Crippen molar-refractivity contribution in [2.75, 3.05) is 19.5 Å². The third-order valence-corrected chi connectivity index (χ3v) is 5.92. The first-order chi connectivity index (χ1) is 12.1. The second kappa shape index (κ2) is 8.19. The lowest BCUT2D eigenvalue weighted by atomic mass is 9.90. The largest absolute Gasteiger partial charge is 0.383 e. The summed E-state index contributed by atoms with van der Waals surface area (Å²) >= 11 is 1.52. The molecular weight excluding hydrogens is 332 g/mol. The van der Waals surface area contributed by atoms with Gasteiger partial charge in [0.2, 0.25) is 0 Å². The summed E-state index contributed by atoms with van der Waals surface area (Å²) in [6.07, 6.45) is 4.74. The molecule has 5 heteroatoms. The van der Waals surface area contributed by atoms with Crippen molar-refractivity contribution < 1.29 is 9.53 Å². The van der Waals surface area contributed by atoms with Gasteiger partial charge in [0.05, 0.1) is 18.1 Å². The average Bonchev–Trinajstić information content (AvgIpc) is 2.91. The number of carbonyl (C=O) groups excluding carboxylic acids is 1.